The molecule has 0 fully saturated rings. The van der Waals surface area contributed by atoms with Gasteiger partial charge in [0, 0.05) is 41.2 Å². The number of nitrogens with two attached hydrogens (primary N) is 1. The highest BCUT2D eigenvalue weighted by Gasteiger charge is 2.62. The Morgan fingerprint density at radius 1 is 1.09 bits per heavy atom. The van der Waals surface area contributed by atoms with Crippen LogP contribution in [0.25, 0.3) is 0 Å². The molecule has 1 spiro atoms. The monoisotopic (exact) mass is 422 g/mol. The molecule has 0 saturated heterocycles. The van der Waals surface area contributed by atoms with E-state index in [-0.39, 0.29) is 29.6 Å². The van der Waals surface area contributed by atoms with Gasteiger partial charge < -0.3 is 10.6 Å². The van der Waals surface area contributed by atoms with E-state index in [1.165, 1.54) is 0 Å². The number of allylic oxidation sites excluding steroid dienone is 1. The number of ketones is 1. The average Bonchev–Trinajstić information content (AvgIpc) is 3.04. The lowest BCUT2D eigenvalue weighted by atomic mass is 9.64. The molecule has 158 valence electrons. The first kappa shape index (κ1) is 19.8. The van der Waals surface area contributed by atoms with Gasteiger partial charge in [0.25, 0.3) is 0 Å². The van der Waals surface area contributed by atoms with Gasteiger partial charge >= 0.3 is 0 Å². The number of hydrogen-bond donors (Lipinski definition) is 1. The topological polar surface area (TPSA) is 90.4 Å². The summed E-state index contributed by atoms with van der Waals surface area (Å²) in [7, 11) is 0. The van der Waals surface area contributed by atoms with Crippen LogP contribution in [0, 0.1) is 11.3 Å². The number of carbonyl (C=O) groups excluding carboxylic acids is 2. The summed E-state index contributed by atoms with van der Waals surface area (Å²) >= 11 is 0. The van der Waals surface area contributed by atoms with E-state index in [1.807, 2.05) is 54.6 Å². The molecule has 2 aliphatic heterocycles. The summed E-state index contributed by atoms with van der Waals surface area (Å²) in [6, 6.07) is 19.0. The minimum Gasteiger partial charge on any atom is -0.384 e. The number of carbonyl (C=O) groups is 2. The van der Waals surface area contributed by atoms with Crippen molar-refractivity contribution in [1.29, 1.82) is 5.26 Å². The number of para-hydroxylation sites is 2. The number of rotatable bonds is 3. The summed E-state index contributed by atoms with van der Waals surface area (Å²) in [6.07, 6.45) is 3.23. The predicted molar refractivity (Wildman–Crippen MR) is 122 cm³/mol. The third-order valence-corrected chi connectivity index (χ3v) is 6.50. The van der Waals surface area contributed by atoms with Crippen LogP contribution in [0.4, 0.5) is 11.4 Å². The van der Waals surface area contributed by atoms with Crippen molar-refractivity contribution in [2.45, 2.75) is 24.7 Å². The molecule has 0 unspecified atom stereocenters. The van der Waals surface area contributed by atoms with Gasteiger partial charge in [0.1, 0.15) is 17.3 Å². The molecule has 1 atom stereocenters. The van der Waals surface area contributed by atoms with Gasteiger partial charge in [-0.1, -0.05) is 42.5 Å². The molecule has 2 aromatic rings. The molecule has 0 aromatic heterocycles. The van der Waals surface area contributed by atoms with Crippen molar-refractivity contribution in [3.63, 3.8) is 0 Å². The molecule has 0 radical (unpaired) electrons. The molecule has 0 bridgehead atoms. The molecule has 6 nitrogen and oxygen atoms in total. The highest BCUT2D eigenvalue weighted by molar-refractivity contribution is 6.20. The van der Waals surface area contributed by atoms with Crippen molar-refractivity contribution < 1.29 is 9.59 Å². The minimum absolute atomic E-state index is 0.0966. The second kappa shape index (κ2) is 7.24. The highest BCUT2D eigenvalue weighted by Crippen LogP contribution is 2.56. The van der Waals surface area contributed by atoms with E-state index in [2.05, 4.69) is 12.6 Å². The molecule has 2 aromatic carbocycles. The van der Waals surface area contributed by atoms with Crippen molar-refractivity contribution in [2.24, 2.45) is 5.73 Å². The molecule has 32 heavy (non-hydrogen) atoms. The lowest BCUT2D eigenvalue weighted by Crippen LogP contribution is -2.52. The third-order valence-electron chi connectivity index (χ3n) is 6.50. The molecule has 2 N–H and O–H groups in total. The normalized spacial score (nSPS) is 22.2. The summed E-state index contributed by atoms with van der Waals surface area (Å²) in [5.74, 6) is -0.250. The van der Waals surface area contributed by atoms with Crippen molar-refractivity contribution in [3.05, 3.63) is 95.5 Å². The van der Waals surface area contributed by atoms with Crippen LogP contribution in [0.5, 0.6) is 0 Å². The smallest absolute Gasteiger partial charge is 0.248 e. The van der Waals surface area contributed by atoms with E-state index in [1.54, 1.807) is 15.9 Å². The van der Waals surface area contributed by atoms with E-state index >= 15 is 0 Å². The predicted octanol–water partition coefficient (Wildman–Crippen LogP) is 3.68. The van der Waals surface area contributed by atoms with Gasteiger partial charge in [-0.05, 0) is 31.0 Å². The van der Waals surface area contributed by atoms with E-state index in [4.69, 9.17) is 5.73 Å². The Bertz CT molecular complexity index is 1270. The number of benzene rings is 2. The third kappa shape index (κ3) is 2.39. The summed E-state index contributed by atoms with van der Waals surface area (Å²) in [5, 5.41) is 10.3. The van der Waals surface area contributed by atoms with Crippen molar-refractivity contribution in [1.82, 2.24) is 0 Å². The molecule has 1 amide bonds. The van der Waals surface area contributed by atoms with Crippen LogP contribution >= 0.6 is 0 Å². The van der Waals surface area contributed by atoms with Gasteiger partial charge in [0.05, 0.1) is 5.57 Å². The Hall–Kier alpha value is -4.11. The second-order valence-corrected chi connectivity index (χ2v) is 8.11. The van der Waals surface area contributed by atoms with Gasteiger partial charge in [-0.2, -0.15) is 5.26 Å². The Morgan fingerprint density at radius 3 is 2.53 bits per heavy atom. The van der Waals surface area contributed by atoms with E-state index in [0.29, 0.717) is 41.8 Å². The Balaban J connectivity index is 1.89. The standard InChI is InChI=1S/C26H22N4O2/c1-2-15-29-20-12-7-6-11-18(20)26(25(29)32)19(16-27)24(28)30(17-9-4-3-5-10-17)21-13-8-14-22(31)23(21)26/h2-7,9-12H,1,8,13-15,28H2/t26-/m0/s1. The van der Waals surface area contributed by atoms with Crippen LogP contribution in [0.3, 0.4) is 0 Å². The van der Waals surface area contributed by atoms with Gasteiger partial charge in [0.15, 0.2) is 5.78 Å². The molecular formula is C26H22N4O2. The molecule has 1 aliphatic carbocycles. The van der Waals surface area contributed by atoms with Crippen LogP contribution in [-0.2, 0) is 15.0 Å². The van der Waals surface area contributed by atoms with Gasteiger partial charge in [0.2, 0.25) is 5.91 Å². The maximum absolute atomic E-state index is 14.1. The molecule has 0 saturated carbocycles. The quantitative estimate of drug-likeness (QED) is 0.762. The maximum Gasteiger partial charge on any atom is 0.248 e. The highest BCUT2D eigenvalue weighted by atomic mass is 16.2. The summed E-state index contributed by atoms with van der Waals surface area (Å²) < 4.78 is 0. The lowest BCUT2D eigenvalue weighted by molar-refractivity contribution is -0.124. The number of nitrogens with zero attached hydrogens (tertiary/aromatic N) is 3. The molecular weight excluding hydrogens is 400 g/mol. The SMILES string of the molecule is C=CCN1C(=O)[C@]2(C(C#N)=C(N)N(c3ccccc3)C3=C2C(=O)CCC3)c2ccccc21. The van der Waals surface area contributed by atoms with E-state index < -0.39 is 5.41 Å². The largest absolute Gasteiger partial charge is 0.384 e. The molecule has 5 rings (SSSR count). The summed E-state index contributed by atoms with van der Waals surface area (Å²) in [5.41, 5.74) is 8.37. The van der Waals surface area contributed by atoms with Crippen molar-refractivity contribution in [3.8, 4) is 6.07 Å². The van der Waals surface area contributed by atoms with Gasteiger partial charge in [-0.15, -0.1) is 6.58 Å². The Morgan fingerprint density at radius 2 is 1.81 bits per heavy atom. The Kier molecular flexibility index (Phi) is 4.49. The van der Waals surface area contributed by atoms with Crippen LogP contribution < -0.4 is 15.5 Å². The fourth-order valence-electron chi connectivity index (χ4n) is 5.31. The number of Topliss-reactive ketones (excluding diaryl/α,β-unsaturated/α-hetero) is 1. The molecule has 6 heteroatoms. The number of nitriles is 1. The fourth-order valence-corrected chi connectivity index (χ4v) is 5.31. The van der Waals surface area contributed by atoms with Gasteiger partial charge in [-0.3, -0.25) is 14.5 Å². The Labute approximate surface area is 186 Å². The summed E-state index contributed by atoms with van der Waals surface area (Å²) in [4.78, 5) is 31.0. The van der Waals surface area contributed by atoms with E-state index in [0.717, 1.165) is 5.69 Å². The zero-order chi connectivity index (χ0) is 22.5. The lowest BCUT2D eigenvalue weighted by Gasteiger charge is -2.43. The molecule has 3 aliphatic rings. The molecule has 2 heterocycles. The summed E-state index contributed by atoms with van der Waals surface area (Å²) in [6.45, 7) is 4.06. The first-order valence-electron chi connectivity index (χ1n) is 10.6. The maximum atomic E-state index is 14.1. The first-order valence-corrected chi connectivity index (χ1v) is 10.6. The number of anilines is 2. The van der Waals surface area contributed by atoms with E-state index in [9.17, 15) is 14.9 Å². The second-order valence-electron chi connectivity index (χ2n) is 8.11. The minimum atomic E-state index is -1.53. The zero-order valence-corrected chi connectivity index (χ0v) is 17.5. The zero-order valence-electron chi connectivity index (χ0n) is 17.5. The van der Waals surface area contributed by atoms with Crippen LogP contribution in [0.1, 0.15) is 24.8 Å². The van der Waals surface area contributed by atoms with Crippen LogP contribution in [0.2, 0.25) is 0 Å². The number of amides is 1. The average molecular weight is 422 g/mol. The van der Waals surface area contributed by atoms with Crippen molar-refractivity contribution in [2.75, 3.05) is 16.3 Å². The van der Waals surface area contributed by atoms with Gasteiger partial charge in [-0.25, -0.2) is 0 Å². The van der Waals surface area contributed by atoms with Crippen LogP contribution in [0.15, 0.2) is 89.9 Å². The number of fused-ring (bicyclic) bond motifs is 3. The van der Waals surface area contributed by atoms with Crippen LogP contribution in [-0.4, -0.2) is 18.2 Å². The first-order chi connectivity index (χ1) is 15.6. The fraction of sp³-hybridized carbons (Fsp3) is 0.192. The van der Waals surface area contributed by atoms with Crippen molar-refractivity contribution >= 4 is 23.1 Å². The number of hydrogen-bond acceptors (Lipinski definition) is 5.